The van der Waals surface area contributed by atoms with Gasteiger partial charge in [-0.15, -0.1) is 10.2 Å². The van der Waals surface area contributed by atoms with E-state index in [0.29, 0.717) is 24.6 Å². The number of carbonyl (C=O) groups excluding carboxylic acids is 1. The summed E-state index contributed by atoms with van der Waals surface area (Å²) in [6.07, 6.45) is 2.03. The molecule has 2 aromatic heterocycles. The summed E-state index contributed by atoms with van der Waals surface area (Å²) in [6.45, 7) is 5.87. The van der Waals surface area contributed by atoms with Crippen molar-refractivity contribution in [1.29, 1.82) is 0 Å². The first-order valence-electron chi connectivity index (χ1n) is 8.36. The van der Waals surface area contributed by atoms with Crippen LogP contribution in [0.25, 0.3) is 11.5 Å². The van der Waals surface area contributed by atoms with Gasteiger partial charge in [-0.05, 0) is 33.3 Å². The van der Waals surface area contributed by atoms with Gasteiger partial charge in [0.1, 0.15) is 5.76 Å². The Morgan fingerprint density at radius 2 is 2.23 bits per heavy atom. The molecule has 2 atom stereocenters. The van der Waals surface area contributed by atoms with Crippen LogP contribution in [0.2, 0.25) is 0 Å². The number of aryl methyl sites for hydroxylation is 1. The molecule has 2 aromatic rings. The number of sulfone groups is 1. The fourth-order valence-corrected chi connectivity index (χ4v) is 5.51. The van der Waals surface area contributed by atoms with Crippen molar-refractivity contribution in [2.75, 3.05) is 18.1 Å². The molecule has 0 N–H and O–H groups in total. The van der Waals surface area contributed by atoms with Crippen LogP contribution in [0.1, 0.15) is 26.0 Å². The second kappa shape index (κ2) is 7.43. The molecule has 1 aliphatic heterocycles. The number of nitrogens with zero attached hydrogens (tertiary/aromatic N) is 3. The molecule has 1 saturated heterocycles. The molecule has 0 spiro atoms. The first-order chi connectivity index (χ1) is 12.3. The number of rotatable bonds is 6. The third kappa shape index (κ3) is 3.96. The average Bonchev–Trinajstić information content (AvgIpc) is 3.28. The van der Waals surface area contributed by atoms with Crippen molar-refractivity contribution >= 4 is 27.5 Å². The molecule has 0 saturated carbocycles. The van der Waals surface area contributed by atoms with Crippen LogP contribution in [-0.4, -0.2) is 58.8 Å². The molecule has 0 bridgehead atoms. The number of amides is 1. The van der Waals surface area contributed by atoms with Crippen LogP contribution in [0.3, 0.4) is 0 Å². The van der Waals surface area contributed by atoms with Gasteiger partial charge in [-0.2, -0.15) is 0 Å². The molecule has 3 rings (SSSR count). The van der Waals surface area contributed by atoms with Crippen molar-refractivity contribution in [2.24, 2.45) is 0 Å². The summed E-state index contributed by atoms with van der Waals surface area (Å²) in [5.74, 6) is 1.06. The fraction of sp³-hybridized carbons (Fsp3) is 0.562. The smallest absolute Gasteiger partial charge is 0.277 e. The lowest BCUT2D eigenvalue weighted by molar-refractivity contribution is -0.131. The van der Waals surface area contributed by atoms with Crippen LogP contribution in [0.15, 0.2) is 26.4 Å². The highest BCUT2D eigenvalue weighted by Gasteiger charge is 2.35. The van der Waals surface area contributed by atoms with Gasteiger partial charge in [0.2, 0.25) is 5.91 Å². The van der Waals surface area contributed by atoms with E-state index < -0.39 is 15.1 Å². The Hall–Kier alpha value is -1.81. The van der Waals surface area contributed by atoms with E-state index in [9.17, 15) is 13.2 Å². The lowest BCUT2D eigenvalue weighted by atomic mass is 10.2. The summed E-state index contributed by atoms with van der Waals surface area (Å²) in [4.78, 5) is 14.4. The van der Waals surface area contributed by atoms with Crippen molar-refractivity contribution in [2.45, 2.75) is 43.7 Å². The van der Waals surface area contributed by atoms with Crippen LogP contribution in [0.5, 0.6) is 0 Å². The molecule has 0 radical (unpaired) electrons. The Bertz CT molecular complexity index is 889. The normalized spacial score (nSPS) is 20.2. The number of carbonyl (C=O) groups is 1. The Labute approximate surface area is 156 Å². The summed E-state index contributed by atoms with van der Waals surface area (Å²) in [6, 6.07) is 1.48. The minimum Gasteiger partial charge on any atom is -0.469 e. The maximum absolute atomic E-state index is 12.8. The molecule has 1 aliphatic rings. The SMILES string of the molecule is CCN(C(=O)[C@H](C)Sc1nnc(-c2ccoc2C)o1)[C@H]1CCS(=O)(=O)C1. The Morgan fingerprint density at radius 3 is 2.81 bits per heavy atom. The molecule has 10 heteroatoms. The Kier molecular flexibility index (Phi) is 5.42. The molecule has 26 heavy (non-hydrogen) atoms. The fourth-order valence-electron chi connectivity index (χ4n) is 3.02. The number of hydrogen-bond acceptors (Lipinski definition) is 8. The zero-order chi connectivity index (χ0) is 18.9. The molecule has 1 fully saturated rings. The summed E-state index contributed by atoms with van der Waals surface area (Å²) in [7, 11) is -3.04. The number of thioether (sulfide) groups is 1. The quantitative estimate of drug-likeness (QED) is 0.680. The van der Waals surface area contributed by atoms with E-state index in [4.69, 9.17) is 8.83 Å². The van der Waals surface area contributed by atoms with E-state index in [-0.39, 0.29) is 28.7 Å². The number of furan rings is 1. The number of aromatic nitrogens is 2. The van der Waals surface area contributed by atoms with E-state index in [1.54, 1.807) is 31.1 Å². The van der Waals surface area contributed by atoms with E-state index in [1.165, 1.54) is 11.8 Å². The number of hydrogen-bond donors (Lipinski definition) is 0. The minimum absolute atomic E-state index is 0.0361. The van der Waals surface area contributed by atoms with Gasteiger partial charge < -0.3 is 13.7 Å². The maximum Gasteiger partial charge on any atom is 0.277 e. The van der Waals surface area contributed by atoms with Crippen molar-refractivity contribution in [3.05, 3.63) is 18.1 Å². The standard InChI is InChI=1S/C16H21N3O5S2/c1-4-19(12-6-8-26(21,22)9-12)15(20)11(3)25-16-18-17-14(24-16)13-5-7-23-10(13)2/h5,7,11-12H,4,6,8-9H2,1-3H3/t11-,12-/m0/s1. The highest BCUT2D eigenvalue weighted by molar-refractivity contribution is 8.00. The topological polar surface area (TPSA) is 107 Å². The second-order valence-electron chi connectivity index (χ2n) is 6.20. The van der Waals surface area contributed by atoms with Crippen molar-refractivity contribution in [3.8, 4) is 11.5 Å². The Balaban J connectivity index is 1.67. The molecule has 1 amide bonds. The van der Waals surface area contributed by atoms with Crippen molar-refractivity contribution in [3.63, 3.8) is 0 Å². The van der Waals surface area contributed by atoms with Crippen molar-refractivity contribution < 1.29 is 22.0 Å². The third-order valence-electron chi connectivity index (χ3n) is 4.39. The van der Waals surface area contributed by atoms with Gasteiger partial charge in [0, 0.05) is 12.6 Å². The monoisotopic (exact) mass is 399 g/mol. The zero-order valence-corrected chi connectivity index (χ0v) is 16.5. The predicted molar refractivity (Wildman–Crippen MR) is 96.5 cm³/mol. The molecule has 0 aliphatic carbocycles. The molecule has 0 aromatic carbocycles. The molecule has 3 heterocycles. The van der Waals surface area contributed by atoms with Gasteiger partial charge in [0.25, 0.3) is 11.1 Å². The summed E-state index contributed by atoms with van der Waals surface area (Å²) in [5.41, 5.74) is 0.717. The highest BCUT2D eigenvalue weighted by Crippen LogP contribution is 2.29. The van der Waals surface area contributed by atoms with Crippen LogP contribution >= 0.6 is 11.8 Å². The summed E-state index contributed by atoms with van der Waals surface area (Å²) < 4.78 is 34.2. The maximum atomic E-state index is 12.8. The molecular formula is C16H21N3O5S2. The minimum atomic E-state index is -3.04. The lowest BCUT2D eigenvalue weighted by Gasteiger charge is -2.28. The molecule has 8 nitrogen and oxygen atoms in total. The van der Waals surface area contributed by atoms with Crippen LogP contribution in [0, 0.1) is 6.92 Å². The lowest BCUT2D eigenvalue weighted by Crippen LogP contribution is -2.44. The largest absolute Gasteiger partial charge is 0.469 e. The average molecular weight is 399 g/mol. The van der Waals surface area contributed by atoms with Crippen LogP contribution in [0.4, 0.5) is 0 Å². The third-order valence-corrected chi connectivity index (χ3v) is 7.07. The van der Waals surface area contributed by atoms with Crippen LogP contribution in [-0.2, 0) is 14.6 Å². The van der Waals surface area contributed by atoms with Crippen LogP contribution < -0.4 is 0 Å². The van der Waals surface area contributed by atoms with Gasteiger partial charge in [-0.3, -0.25) is 4.79 Å². The highest BCUT2D eigenvalue weighted by atomic mass is 32.2. The van der Waals surface area contributed by atoms with E-state index in [0.717, 1.165) is 5.56 Å². The van der Waals surface area contributed by atoms with E-state index in [2.05, 4.69) is 10.2 Å². The first-order valence-corrected chi connectivity index (χ1v) is 11.1. The summed E-state index contributed by atoms with van der Waals surface area (Å²) >= 11 is 1.17. The summed E-state index contributed by atoms with van der Waals surface area (Å²) in [5, 5.41) is 7.80. The second-order valence-corrected chi connectivity index (χ2v) is 9.73. The van der Waals surface area contributed by atoms with Gasteiger partial charge in [-0.25, -0.2) is 8.42 Å². The Morgan fingerprint density at radius 1 is 1.46 bits per heavy atom. The van der Waals surface area contributed by atoms with Gasteiger partial charge >= 0.3 is 0 Å². The molecule has 142 valence electrons. The molecule has 0 unspecified atom stereocenters. The predicted octanol–water partition coefficient (Wildman–Crippen LogP) is 2.15. The van der Waals surface area contributed by atoms with Gasteiger partial charge in [0.15, 0.2) is 9.84 Å². The van der Waals surface area contributed by atoms with Gasteiger partial charge in [-0.1, -0.05) is 11.8 Å². The van der Waals surface area contributed by atoms with E-state index in [1.807, 2.05) is 6.92 Å². The van der Waals surface area contributed by atoms with Gasteiger partial charge in [0.05, 0.1) is 28.6 Å². The molecular weight excluding hydrogens is 378 g/mol. The zero-order valence-electron chi connectivity index (χ0n) is 14.8. The first kappa shape index (κ1) is 19.0. The van der Waals surface area contributed by atoms with Crippen molar-refractivity contribution in [1.82, 2.24) is 15.1 Å². The van der Waals surface area contributed by atoms with E-state index >= 15 is 0 Å².